The molecule has 1 saturated heterocycles. The van der Waals surface area contributed by atoms with Gasteiger partial charge in [-0.1, -0.05) is 6.92 Å². The van der Waals surface area contributed by atoms with Crippen molar-refractivity contribution in [2.75, 3.05) is 19.7 Å². The highest BCUT2D eigenvalue weighted by atomic mass is 79.9. The zero-order valence-electron chi connectivity index (χ0n) is 12.3. The lowest BCUT2D eigenvalue weighted by Crippen LogP contribution is -2.41. The average Bonchev–Trinajstić information content (AvgIpc) is 2.84. The van der Waals surface area contributed by atoms with Crippen molar-refractivity contribution < 1.29 is 4.74 Å². The van der Waals surface area contributed by atoms with Crippen LogP contribution in [0.1, 0.15) is 31.7 Å². The van der Waals surface area contributed by atoms with Gasteiger partial charge in [-0.2, -0.15) is 5.10 Å². The fraction of sp³-hybridized carbons (Fsp3) is 0.786. The van der Waals surface area contributed by atoms with Gasteiger partial charge in [0.2, 0.25) is 0 Å². The molecule has 1 aliphatic heterocycles. The first-order valence-electron chi connectivity index (χ1n) is 7.00. The van der Waals surface area contributed by atoms with Crippen LogP contribution in [0.25, 0.3) is 0 Å². The van der Waals surface area contributed by atoms with E-state index in [1.165, 1.54) is 5.69 Å². The molecule has 2 heterocycles. The Labute approximate surface area is 124 Å². The summed E-state index contributed by atoms with van der Waals surface area (Å²) in [5.74, 6) is 0. The van der Waals surface area contributed by atoms with E-state index in [4.69, 9.17) is 4.74 Å². The van der Waals surface area contributed by atoms with Crippen LogP contribution in [-0.2, 0) is 18.2 Å². The summed E-state index contributed by atoms with van der Waals surface area (Å²) < 4.78 is 8.98. The monoisotopic (exact) mass is 329 g/mol. The number of aryl methyl sites for hydroxylation is 2. The van der Waals surface area contributed by atoms with Gasteiger partial charge in [-0.25, -0.2) is 0 Å². The number of hydrogen-bond donors (Lipinski definition) is 1. The van der Waals surface area contributed by atoms with Crippen molar-refractivity contribution in [2.45, 2.75) is 39.7 Å². The normalized spacial score (nSPS) is 27.1. The van der Waals surface area contributed by atoms with E-state index < -0.39 is 0 Å². The summed E-state index contributed by atoms with van der Waals surface area (Å²) >= 11 is 3.68. The predicted molar refractivity (Wildman–Crippen MR) is 80.4 cm³/mol. The molecule has 1 N–H and O–H groups in total. The minimum Gasteiger partial charge on any atom is -0.378 e. The molecule has 1 aromatic heterocycles. The van der Waals surface area contributed by atoms with Crippen LogP contribution in [-0.4, -0.2) is 35.6 Å². The van der Waals surface area contributed by atoms with Crippen LogP contribution in [0.3, 0.4) is 0 Å². The lowest BCUT2D eigenvalue weighted by atomic mass is 9.77. The Balaban J connectivity index is 2.25. The fourth-order valence-corrected chi connectivity index (χ4v) is 3.40. The van der Waals surface area contributed by atoms with Crippen LogP contribution in [0, 0.1) is 12.3 Å². The summed E-state index contributed by atoms with van der Waals surface area (Å²) in [6, 6.07) is 0. The summed E-state index contributed by atoms with van der Waals surface area (Å²) in [5.41, 5.74) is 2.51. The maximum Gasteiger partial charge on any atom is 0.0738 e. The standard InChI is InChI=1S/C14H24BrN3O/c1-5-16-9-14(6-7-19-11(14)3)8-12-13(15)10(2)17-18(12)4/h11,16H,5-9H2,1-4H3. The van der Waals surface area contributed by atoms with E-state index >= 15 is 0 Å². The Morgan fingerprint density at radius 1 is 1.58 bits per heavy atom. The Morgan fingerprint density at radius 3 is 2.79 bits per heavy atom. The third-order valence-electron chi connectivity index (χ3n) is 4.34. The molecule has 19 heavy (non-hydrogen) atoms. The van der Waals surface area contributed by atoms with E-state index in [0.29, 0.717) is 0 Å². The van der Waals surface area contributed by atoms with Gasteiger partial charge >= 0.3 is 0 Å². The summed E-state index contributed by atoms with van der Waals surface area (Å²) in [5, 5.41) is 8.00. The molecule has 0 amide bonds. The van der Waals surface area contributed by atoms with Gasteiger partial charge in [-0.05, 0) is 49.2 Å². The molecule has 1 aliphatic rings. The number of hydrogen-bond acceptors (Lipinski definition) is 3. The number of ether oxygens (including phenoxy) is 1. The van der Waals surface area contributed by atoms with Crippen LogP contribution in [0.15, 0.2) is 4.47 Å². The molecule has 0 radical (unpaired) electrons. The summed E-state index contributed by atoms with van der Waals surface area (Å²) in [4.78, 5) is 0. The molecular formula is C14H24BrN3O. The van der Waals surface area contributed by atoms with Gasteiger partial charge in [0.1, 0.15) is 0 Å². The van der Waals surface area contributed by atoms with E-state index in [0.717, 1.165) is 42.7 Å². The number of nitrogens with zero attached hydrogens (tertiary/aromatic N) is 2. The van der Waals surface area contributed by atoms with Gasteiger partial charge in [0, 0.05) is 25.6 Å². The molecule has 0 bridgehead atoms. The number of nitrogens with one attached hydrogen (secondary N) is 1. The molecule has 0 spiro atoms. The number of aromatic nitrogens is 2. The molecule has 2 unspecified atom stereocenters. The largest absolute Gasteiger partial charge is 0.378 e. The topological polar surface area (TPSA) is 39.1 Å². The molecule has 1 fully saturated rings. The Bertz CT molecular complexity index is 446. The first-order valence-corrected chi connectivity index (χ1v) is 7.80. The van der Waals surface area contributed by atoms with Crippen molar-refractivity contribution in [3.8, 4) is 0 Å². The summed E-state index contributed by atoms with van der Waals surface area (Å²) in [6.45, 7) is 9.25. The molecule has 108 valence electrons. The van der Waals surface area contributed by atoms with E-state index in [1.807, 2.05) is 18.7 Å². The molecule has 2 rings (SSSR count). The second-order valence-electron chi connectivity index (χ2n) is 5.55. The highest BCUT2D eigenvalue weighted by molar-refractivity contribution is 9.10. The summed E-state index contributed by atoms with van der Waals surface area (Å²) in [6.07, 6.45) is 2.39. The third kappa shape index (κ3) is 2.88. The predicted octanol–water partition coefficient (Wildman–Crippen LogP) is 2.44. The van der Waals surface area contributed by atoms with Gasteiger partial charge in [-0.15, -0.1) is 0 Å². The minimum atomic E-state index is 0.179. The maximum absolute atomic E-state index is 5.84. The van der Waals surface area contributed by atoms with Gasteiger partial charge in [0.25, 0.3) is 0 Å². The SMILES string of the molecule is CCNCC1(Cc2c(Br)c(C)nn2C)CCOC1C. The molecule has 0 aromatic carbocycles. The smallest absolute Gasteiger partial charge is 0.0738 e. The van der Waals surface area contributed by atoms with E-state index in [9.17, 15) is 0 Å². The highest BCUT2D eigenvalue weighted by Gasteiger charge is 2.42. The van der Waals surface area contributed by atoms with E-state index in [2.05, 4.69) is 40.2 Å². The van der Waals surface area contributed by atoms with Crippen molar-refractivity contribution >= 4 is 15.9 Å². The average molecular weight is 330 g/mol. The second-order valence-corrected chi connectivity index (χ2v) is 6.35. The van der Waals surface area contributed by atoms with Crippen molar-refractivity contribution in [3.05, 3.63) is 15.9 Å². The Hall–Kier alpha value is -0.390. The quantitative estimate of drug-likeness (QED) is 0.901. The summed E-state index contributed by atoms with van der Waals surface area (Å²) in [7, 11) is 2.02. The fourth-order valence-electron chi connectivity index (χ4n) is 2.93. The van der Waals surface area contributed by atoms with Gasteiger partial charge in [0.15, 0.2) is 0 Å². The van der Waals surface area contributed by atoms with Crippen LogP contribution >= 0.6 is 15.9 Å². The van der Waals surface area contributed by atoms with Crippen molar-refractivity contribution in [3.63, 3.8) is 0 Å². The molecule has 0 aliphatic carbocycles. The molecule has 2 atom stereocenters. The molecule has 1 aromatic rings. The zero-order chi connectivity index (χ0) is 14.0. The number of rotatable bonds is 5. The van der Waals surface area contributed by atoms with Crippen LogP contribution in [0.4, 0.5) is 0 Å². The van der Waals surface area contributed by atoms with Crippen molar-refractivity contribution in [1.82, 2.24) is 15.1 Å². The van der Waals surface area contributed by atoms with E-state index in [-0.39, 0.29) is 11.5 Å². The Morgan fingerprint density at radius 2 is 2.32 bits per heavy atom. The first kappa shape index (κ1) is 15.0. The van der Waals surface area contributed by atoms with Crippen LogP contribution < -0.4 is 5.32 Å². The molecule has 5 heteroatoms. The molecular weight excluding hydrogens is 306 g/mol. The van der Waals surface area contributed by atoms with Gasteiger partial charge in [0.05, 0.1) is 22.0 Å². The van der Waals surface area contributed by atoms with Gasteiger partial charge < -0.3 is 10.1 Å². The van der Waals surface area contributed by atoms with Gasteiger partial charge in [-0.3, -0.25) is 4.68 Å². The van der Waals surface area contributed by atoms with Crippen LogP contribution in [0.2, 0.25) is 0 Å². The number of halogens is 1. The Kier molecular flexibility index (Phi) is 4.69. The highest BCUT2D eigenvalue weighted by Crippen LogP contribution is 2.39. The second kappa shape index (κ2) is 5.94. The minimum absolute atomic E-state index is 0.179. The molecule has 0 saturated carbocycles. The van der Waals surface area contributed by atoms with Crippen molar-refractivity contribution in [1.29, 1.82) is 0 Å². The zero-order valence-corrected chi connectivity index (χ0v) is 13.9. The lowest BCUT2D eigenvalue weighted by molar-refractivity contribution is 0.0623. The molecule has 4 nitrogen and oxygen atoms in total. The van der Waals surface area contributed by atoms with Crippen molar-refractivity contribution in [2.24, 2.45) is 12.5 Å². The third-order valence-corrected chi connectivity index (χ3v) is 5.37. The van der Waals surface area contributed by atoms with Crippen LogP contribution in [0.5, 0.6) is 0 Å². The van der Waals surface area contributed by atoms with E-state index in [1.54, 1.807) is 0 Å². The maximum atomic E-state index is 5.84. The first-order chi connectivity index (χ1) is 9.00. The lowest BCUT2D eigenvalue weighted by Gasteiger charge is -2.32.